The van der Waals surface area contributed by atoms with Crippen LogP contribution in [0.4, 0.5) is 0 Å². The van der Waals surface area contributed by atoms with E-state index in [9.17, 15) is 8.42 Å². The molecule has 1 aromatic heterocycles. The molecule has 25 heavy (non-hydrogen) atoms. The molecule has 0 amide bonds. The van der Waals surface area contributed by atoms with E-state index in [0.29, 0.717) is 9.62 Å². The third-order valence-corrected chi connectivity index (χ3v) is 7.42. The van der Waals surface area contributed by atoms with Gasteiger partial charge in [0, 0.05) is 29.8 Å². The summed E-state index contributed by atoms with van der Waals surface area (Å²) in [5, 5.41) is 2.29. The van der Waals surface area contributed by atoms with Crippen molar-refractivity contribution < 1.29 is 8.42 Å². The first kappa shape index (κ1) is 18.3. The van der Waals surface area contributed by atoms with Gasteiger partial charge in [-0.1, -0.05) is 59.8 Å². The minimum atomic E-state index is -3.54. The fourth-order valence-corrected chi connectivity index (χ4v) is 3.79. The molecular weight excluding hydrogens is 449 g/mol. The lowest BCUT2D eigenvalue weighted by molar-refractivity contribution is 0.510. The van der Waals surface area contributed by atoms with Gasteiger partial charge in [-0.2, -0.15) is 12.7 Å². The SMILES string of the molecule is CCC(I)c1ccc2ccc(-c3cn(S(=O)(=O)N(C)C)cn3)cc2c1. The summed E-state index contributed by atoms with van der Waals surface area (Å²) in [6, 6.07) is 12.6. The lowest BCUT2D eigenvalue weighted by Gasteiger charge is -2.11. The molecule has 1 heterocycles. The smallest absolute Gasteiger partial charge is 0.236 e. The number of aromatic nitrogens is 2. The highest BCUT2D eigenvalue weighted by Crippen LogP contribution is 2.31. The standard InChI is InChI=1S/C18H20IN3O2S/c1-4-17(19)14-7-5-13-6-8-15(10-16(13)9-14)18-11-22(12-20-18)25(23,24)21(2)3/h5-12,17H,4H2,1-3H3. The molecule has 0 aliphatic carbocycles. The zero-order valence-electron chi connectivity index (χ0n) is 14.3. The van der Waals surface area contributed by atoms with Gasteiger partial charge in [0.25, 0.3) is 0 Å². The Morgan fingerprint density at radius 3 is 2.56 bits per heavy atom. The van der Waals surface area contributed by atoms with Gasteiger partial charge in [-0.05, 0) is 28.8 Å². The molecular formula is C18H20IN3O2S. The number of hydrogen-bond acceptors (Lipinski definition) is 3. The predicted molar refractivity (Wildman–Crippen MR) is 110 cm³/mol. The molecule has 0 N–H and O–H groups in total. The van der Waals surface area contributed by atoms with Crippen LogP contribution in [0.5, 0.6) is 0 Å². The maximum Gasteiger partial charge on any atom is 0.308 e. The molecule has 0 saturated heterocycles. The Kier molecular flexibility index (Phi) is 5.17. The zero-order chi connectivity index (χ0) is 18.2. The van der Waals surface area contributed by atoms with Crippen LogP contribution in [0, 0.1) is 0 Å². The van der Waals surface area contributed by atoms with Crippen molar-refractivity contribution in [3.8, 4) is 11.3 Å². The Morgan fingerprint density at radius 1 is 1.16 bits per heavy atom. The zero-order valence-corrected chi connectivity index (χ0v) is 17.3. The molecule has 0 aliphatic heterocycles. The van der Waals surface area contributed by atoms with E-state index in [1.165, 1.54) is 26.0 Å². The number of hydrogen-bond donors (Lipinski definition) is 0. The lowest BCUT2D eigenvalue weighted by Crippen LogP contribution is -2.27. The number of rotatable bonds is 5. The van der Waals surface area contributed by atoms with Crippen molar-refractivity contribution in [3.05, 3.63) is 54.5 Å². The number of halogens is 1. The average molecular weight is 469 g/mol. The quantitative estimate of drug-likeness (QED) is 0.415. The van der Waals surface area contributed by atoms with Crippen molar-refractivity contribution in [2.75, 3.05) is 14.1 Å². The molecule has 132 valence electrons. The molecule has 0 spiro atoms. The van der Waals surface area contributed by atoms with Crippen LogP contribution in [0.3, 0.4) is 0 Å². The topological polar surface area (TPSA) is 55.2 Å². The summed E-state index contributed by atoms with van der Waals surface area (Å²) in [5.41, 5.74) is 2.84. The Hall–Kier alpha value is -1.45. The summed E-state index contributed by atoms with van der Waals surface area (Å²) in [4.78, 5) is 4.27. The van der Waals surface area contributed by atoms with E-state index >= 15 is 0 Å². The first-order valence-electron chi connectivity index (χ1n) is 7.98. The fraction of sp³-hybridized carbons (Fsp3) is 0.278. The van der Waals surface area contributed by atoms with E-state index < -0.39 is 10.2 Å². The number of imidazole rings is 1. The van der Waals surface area contributed by atoms with Crippen molar-refractivity contribution in [3.63, 3.8) is 0 Å². The molecule has 7 heteroatoms. The molecule has 5 nitrogen and oxygen atoms in total. The highest BCUT2D eigenvalue weighted by molar-refractivity contribution is 14.1. The second-order valence-corrected chi connectivity index (χ2v) is 9.63. The molecule has 1 unspecified atom stereocenters. The van der Waals surface area contributed by atoms with Crippen LogP contribution in [-0.2, 0) is 10.2 Å². The van der Waals surface area contributed by atoms with Gasteiger partial charge in [-0.3, -0.25) is 0 Å². The molecule has 3 rings (SSSR count). The average Bonchev–Trinajstić information content (AvgIpc) is 3.10. The summed E-state index contributed by atoms with van der Waals surface area (Å²) >= 11 is 2.46. The maximum absolute atomic E-state index is 12.2. The van der Waals surface area contributed by atoms with Gasteiger partial charge < -0.3 is 0 Å². The van der Waals surface area contributed by atoms with Crippen LogP contribution in [0.1, 0.15) is 22.8 Å². The second-order valence-electron chi connectivity index (χ2n) is 6.08. The molecule has 1 atom stereocenters. The predicted octanol–water partition coefficient (Wildman–Crippen LogP) is 4.24. The number of fused-ring (bicyclic) bond motifs is 1. The Morgan fingerprint density at radius 2 is 1.88 bits per heavy atom. The van der Waals surface area contributed by atoms with Crippen molar-refractivity contribution in [1.82, 2.24) is 13.3 Å². The Balaban J connectivity index is 2.03. The van der Waals surface area contributed by atoms with Crippen molar-refractivity contribution in [2.24, 2.45) is 0 Å². The van der Waals surface area contributed by atoms with Gasteiger partial charge in [0.1, 0.15) is 6.33 Å². The van der Waals surface area contributed by atoms with Crippen LogP contribution >= 0.6 is 22.6 Å². The molecule has 0 radical (unpaired) electrons. The lowest BCUT2D eigenvalue weighted by atomic mass is 10.0. The Labute approximate surface area is 162 Å². The summed E-state index contributed by atoms with van der Waals surface area (Å²) in [5.74, 6) is 0. The maximum atomic E-state index is 12.2. The summed E-state index contributed by atoms with van der Waals surface area (Å²) < 4.78 is 27.2. The van der Waals surface area contributed by atoms with Gasteiger partial charge >= 0.3 is 10.2 Å². The summed E-state index contributed by atoms with van der Waals surface area (Å²) in [6.45, 7) is 2.18. The number of benzene rings is 2. The van der Waals surface area contributed by atoms with Gasteiger partial charge in [0.05, 0.1) is 5.69 Å². The second kappa shape index (κ2) is 7.05. The normalized spacial score (nSPS) is 13.5. The monoisotopic (exact) mass is 469 g/mol. The minimum absolute atomic E-state index is 0.482. The summed E-state index contributed by atoms with van der Waals surface area (Å²) in [6.07, 6.45) is 3.97. The highest BCUT2D eigenvalue weighted by atomic mass is 127. The molecule has 0 saturated carbocycles. The highest BCUT2D eigenvalue weighted by Gasteiger charge is 2.17. The van der Waals surface area contributed by atoms with E-state index in [1.54, 1.807) is 6.20 Å². The van der Waals surface area contributed by atoms with Crippen molar-refractivity contribution in [1.29, 1.82) is 0 Å². The van der Waals surface area contributed by atoms with E-state index in [1.807, 2.05) is 12.1 Å². The van der Waals surface area contributed by atoms with Crippen LogP contribution < -0.4 is 0 Å². The van der Waals surface area contributed by atoms with E-state index in [4.69, 9.17) is 0 Å². The van der Waals surface area contributed by atoms with Gasteiger partial charge in [-0.25, -0.2) is 8.96 Å². The van der Waals surface area contributed by atoms with Crippen molar-refractivity contribution in [2.45, 2.75) is 17.3 Å². The largest absolute Gasteiger partial charge is 0.308 e. The third kappa shape index (κ3) is 3.58. The van der Waals surface area contributed by atoms with Gasteiger partial charge in [0.2, 0.25) is 0 Å². The summed E-state index contributed by atoms with van der Waals surface area (Å²) in [7, 11) is -0.540. The number of alkyl halides is 1. The van der Waals surface area contributed by atoms with Crippen LogP contribution in [0.2, 0.25) is 0 Å². The van der Waals surface area contributed by atoms with Gasteiger partial charge in [0.15, 0.2) is 0 Å². The third-order valence-electron chi connectivity index (χ3n) is 4.17. The molecule has 2 aromatic carbocycles. The molecule has 3 aromatic rings. The number of nitrogens with zero attached hydrogens (tertiary/aromatic N) is 3. The van der Waals surface area contributed by atoms with Gasteiger partial charge in [-0.15, -0.1) is 0 Å². The van der Waals surface area contributed by atoms with Crippen LogP contribution in [-0.4, -0.2) is 35.8 Å². The minimum Gasteiger partial charge on any atom is -0.236 e. The molecule has 0 aliphatic rings. The van der Waals surface area contributed by atoms with Crippen molar-refractivity contribution >= 4 is 43.6 Å². The Bertz CT molecular complexity index is 1010. The molecule has 0 fully saturated rings. The van der Waals surface area contributed by atoms with Crippen LogP contribution in [0.25, 0.3) is 22.0 Å². The van der Waals surface area contributed by atoms with E-state index in [-0.39, 0.29) is 0 Å². The first-order valence-corrected chi connectivity index (χ1v) is 10.6. The van der Waals surface area contributed by atoms with Crippen LogP contribution in [0.15, 0.2) is 48.9 Å². The van der Waals surface area contributed by atoms with E-state index in [2.05, 4.69) is 58.8 Å². The molecule has 0 bridgehead atoms. The fourth-order valence-electron chi connectivity index (χ4n) is 2.63. The first-order chi connectivity index (χ1) is 11.8. The van der Waals surface area contributed by atoms with E-state index in [0.717, 1.165) is 31.0 Å².